The van der Waals surface area contributed by atoms with Gasteiger partial charge in [-0.05, 0) is 11.5 Å². The van der Waals surface area contributed by atoms with E-state index in [1.54, 1.807) is 0 Å². The van der Waals surface area contributed by atoms with Gasteiger partial charge in [0.2, 0.25) is 0 Å². The summed E-state index contributed by atoms with van der Waals surface area (Å²) in [5, 5.41) is 0. The van der Waals surface area contributed by atoms with Crippen LogP contribution in [-0.2, 0) is 9.47 Å². The van der Waals surface area contributed by atoms with Crippen LogP contribution in [0.25, 0.3) is 0 Å². The van der Waals surface area contributed by atoms with Gasteiger partial charge in [0.05, 0.1) is 18.6 Å². The molecule has 1 heterocycles. The van der Waals surface area contributed by atoms with Crippen LogP contribution in [0.3, 0.4) is 0 Å². The molecule has 1 aliphatic heterocycles. The summed E-state index contributed by atoms with van der Waals surface area (Å²) in [6.45, 7) is 4.95. The molecule has 1 aromatic carbocycles. The molecule has 2 nitrogen and oxygen atoms in total. The molecule has 2 rings (SSSR count). The molecule has 0 unspecified atom stereocenters. The number of hydrogen-bond acceptors (Lipinski definition) is 2. The van der Waals surface area contributed by atoms with Crippen LogP contribution in [0.15, 0.2) is 24.3 Å². The number of ether oxygens (including phenoxy) is 2. The van der Waals surface area contributed by atoms with Crippen molar-refractivity contribution in [3.05, 3.63) is 35.4 Å². The van der Waals surface area contributed by atoms with Crippen LogP contribution < -0.4 is 0 Å². The number of benzene rings is 1. The summed E-state index contributed by atoms with van der Waals surface area (Å²) in [7, 11) is 0. The SMILES string of the molecule is CC(C)c1ccc([C@H]2OC[C@H](CCl)O2)cc1. The van der Waals surface area contributed by atoms with Gasteiger partial charge in [-0.2, -0.15) is 0 Å². The number of alkyl halides is 1. The lowest BCUT2D eigenvalue weighted by Gasteiger charge is -2.12. The molecule has 0 bridgehead atoms. The van der Waals surface area contributed by atoms with Crippen LogP contribution in [-0.4, -0.2) is 18.6 Å². The Balaban J connectivity index is 2.05. The fourth-order valence-corrected chi connectivity index (χ4v) is 1.90. The summed E-state index contributed by atoms with van der Waals surface area (Å²) in [5.74, 6) is 1.04. The van der Waals surface area contributed by atoms with Gasteiger partial charge in [0.1, 0.15) is 0 Å². The summed E-state index contributed by atoms with van der Waals surface area (Å²) in [4.78, 5) is 0. The minimum absolute atomic E-state index is 0.0245. The summed E-state index contributed by atoms with van der Waals surface area (Å²) in [5.41, 5.74) is 2.40. The predicted molar refractivity (Wildman–Crippen MR) is 64.8 cm³/mol. The van der Waals surface area contributed by atoms with Crippen molar-refractivity contribution in [3.63, 3.8) is 0 Å². The Labute approximate surface area is 102 Å². The molecule has 0 saturated carbocycles. The topological polar surface area (TPSA) is 18.5 Å². The Hall–Kier alpha value is -0.570. The molecule has 1 aromatic rings. The van der Waals surface area contributed by atoms with Gasteiger partial charge in [0.15, 0.2) is 6.29 Å². The van der Waals surface area contributed by atoms with Gasteiger partial charge < -0.3 is 9.47 Å². The molecule has 0 N–H and O–H groups in total. The van der Waals surface area contributed by atoms with Gasteiger partial charge in [0, 0.05) is 5.56 Å². The molecule has 0 aromatic heterocycles. The van der Waals surface area contributed by atoms with Crippen molar-refractivity contribution in [1.82, 2.24) is 0 Å². The second-order valence-corrected chi connectivity index (χ2v) is 4.71. The standard InChI is InChI=1S/C13H17ClO2/c1-9(2)10-3-5-11(6-4-10)13-15-8-12(7-14)16-13/h3-6,9,12-13H,7-8H2,1-2H3/t12-,13-/m0/s1. The molecule has 3 heteroatoms. The maximum absolute atomic E-state index is 5.72. The minimum Gasteiger partial charge on any atom is -0.346 e. The average molecular weight is 241 g/mol. The molecule has 0 spiro atoms. The fourth-order valence-electron chi connectivity index (χ4n) is 1.74. The lowest BCUT2D eigenvalue weighted by molar-refractivity contribution is -0.0567. The van der Waals surface area contributed by atoms with E-state index in [0.29, 0.717) is 18.4 Å². The Morgan fingerprint density at radius 2 is 2.00 bits per heavy atom. The highest BCUT2D eigenvalue weighted by Gasteiger charge is 2.26. The molecule has 0 aliphatic carbocycles. The van der Waals surface area contributed by atoms with Gasteiger partial charge in [0.25, 0.3) is 0 Å². The summed E-state index contributed by atoms with van der Waals surface area (Å²) in [6, 6.07) is 8.38. The van der Waals surface area contributed by atoms with E-state index < -0.39 is 0 Å². The smallest absolute Gasteiger partial charge is 0.184 e. The predicted octanol–water partition coefficient (Wildman–Crippen LogP) is 3.46. The Kier molecular flexibility index (Phi) is 3.85. The highest BCUT2D eigenvalue weighted by molar-refractivity contribution is 6.18. The second-order valence-electron chi connectivity index (χ2n) is 4.40. The molecule has 1 aliphatic rings. The van der Waals surface area contributed by atoms with Gasteiger partial charge in [-0.3, -0.25) is 0 Å². The first-order valence-corrected chi connectivity index (χ1v) is 6.17. The van der Waals surface area contributed by atoms with Crippen molar-refractivity contribution in [2.45, 2.75) is 32.2 Å². The Bertz CT molecular complexity index is 334. The third kappa shape index (κ3) is 2.57. The van der Waals surface area contributed by atoms with E-state index in [4.69, 9.17) is 21.1 Å². The van der Waals surface area contributed by atoms with Crippen molar-refractivity contribution in [2.75, 3.05) is 12.5 Å². The molecule has 88 valence electrons. The molecule has 1 saturated heterocycles. The van der Waals surface area contributed by atoms with E-state index in [0.717, 1.165) is 5.56 Å². The maximum Gasteiger partial charge on any atom is 0.184 e. The van der Waals surface area contributed by atoms with Crippen molar-refractivity contribution in [3.8, 4) is 0 Å². The zero-order chi connectivity index (χ0) is 11.5. The van der Waals surface area contributed by atoms with Crippen LogP contribution >= 0.6 is 11.6 Å². The second kappa shape index (κ2) is 5.17. The average Bonchev–Trinajstić information content (AvgIpc) is 2.77. The first-order valence-electron chi connectivity index (χ1n) is 5.63. The fraction of sp³-hybridized carbons (Fsp3) is 0.538. The third-order valence-corrected chi connectivity index (χ3v) is 3.14. The number of halogens is 1. The summed E-state index contributed by atoms with van der Waals surface area (Å²) < 4.78 is 11.2. The third-order valence-electron chi connectivity index (χ3n) is 2.80. The molecule has 16 heavy (non-hydrogen) atoms. The molecule has 0 radical (unpaired) electrons. The maximum atomic E-state index is 5.72. The molecular formula is C13H17ClO2. The van der Waals surface area contributed by atoms with Crippen molar-refractivity contribution in [2.24, 2.45) is 0 Å². The van der Waals surface area contributed by atoms with Crippen LogP contribution in [0.2, 0.25) is 0 Å². The lowest BCUT2D eigenvalue weighted by Crippen LogP contribution is -2.10. The van der Waals surface area contributed by atoms with Gasteiger partial charge in [-0.25, -0.2) is 0 Å². The van der Waals surface area contributed by atoms with E-state index in [2.05, 4.69) is 38.1 Å². The quantitative estimate of drug-likeness (QED) is 0.754. The van der Waals surface area contributed by atoms with E-state index in [1.165, 1.54) is 5.56 Å². The van der Waals surface area contributed by atoms with Crippen molar-refractivity contribution in [1.29, 1.82) is 0 Å². The summed E-state index contributed by atoms with van der Waals surface area (Å²) >= 11 is 5.72. The normalized spacial score (nSPS) is 25.2. The van der Waals surface area contributed by atoms with E-state index in [1.807, 2.05) is 0 Å². The largest absolute Gasteiger partial charge is 0.346 e. The highest BCUT2D eigenvalue weighted by atomic mass is 35.5. The number of rotatable bonds is 3. The van der Waals surface area contributed by atoms with Gasteiger partial charge in [-0.15, -0.1) is 11.6 Å². The van der Waals surface area contributed by atoms with Gasteiger partial charge in [-0.1, -0.05) is 38.1 Å². The van der Waals surface area contributed by atoms with Crippen LogP contribution in [0.5, 0.6) is 0 Å². The zero-order valence-corrected chi connectivity index (χ0v) is 10.4. The van der Waals surface area contributed by atoms with E-state index in [9.17, 15) is 0 Å². The van der Waals surface area contributed by atoms with E-state index >= 15 is 0 Å². The Morgan fingerprint density at radius 3 is 2.50 bits per heavy atom. The highest BCUT2D eigenvalue weighted by Crippen LogP contribution is 2.28. The minimum atomic E-state index is -0.245. The molecular weight excluding hydrogens is 224 g/mol. The summed E-state index contributed by atoms with van der Waals surface area (Å²) in [6.07, 6.45) is -0.221. The van der Waals surface area contributed by atoms with Crippen LogP contribution in [0, 0.1) is 0 Å². The first kappa shape index (κ1) is 11.9. The number of hydrogen-bond donors (Lipinski definition) is 0. The lowest BCUT2D eigenvalue weighted by atomic mass is 10.0. The zero-order valence-electron chi connectivity index (χ0n) is 9.65. The van der Waals surface area contributed by atoms with Crippen LogP contribution in [0.4, 0.5) is 0 Å². The Morgan fingerprint density at radius 1 is 1.31 bits per heavy atom. The monoisotopic (exact) mass is 240 g/mol. The molecule has 1 fully saturated rings. The van der Waals surface area contributed by atoms with Gasteiger partial charge >= 0.3 is 0 Å². The first-order chi connectivity index (χ1) is 7.70. The van der Waals surface area contributed by atoms with Crippen LogP contribution in [0.1, 0.15) is 37.2 Å². The van der Waals surface area contributed by atoms with Crippen molar-refractivity contribution >= 4 is 11.6 Å². The van der Waals surface area contributed by atoms with E-state index in [-0.39, 0.29) is 12.4 Å². The molecule has 0 amide bonds. The van der Waals surface area contributed by atoms with Crippen molar-refractivity contribution < 1.29 is 9.47 Å². The molecule has 2 atom stereocenters.